The number of halogens is 1. The van der Waals surface area contributed by atoms with E-state index in [-0.39, 0.29) is 5.91 Å². The quantitative estimate of drug-likeness (QED) is 0.869. The minimum absolute atomic E-state index is 0.0978. The van der Waals surface area contributed by atoms with E-state index in [1.165, 1.54) is 11.3 Å². The van der Waals surface area contributed by atoms with Crippen molar-refractivity contribution >= 4 is 54.2 Å². The third-order valence-corrected chi connectivity index (χ3v) is 3.94. The first kappa shape index (κ1) is 14.3. The third-order valence-electron chi connectivity index (χ3n) is 2.65. The van der Waals surface area contributed by atoms with Crippen LogP contribution < -0.4 is 10.2 Å². The molecule has 0 aliphatic heterocycles. The second kappa shape index (κ2) is 5.09. The molecule has 4 nitrogen and oxygen atoms in total. The summed E-state index contributed by atoms with van der Waals surface area (Å²) < 4.78 is 0.466. The van der Waals surface area contributed by atoms with Gasteiger partial charge in [0.2, 0.25) is 5.91 Å². The normalized spacial score (nSPS) is 11.6. The van der Waals surface area contributed by atoms with E-state index in [0.717, 1.165) is 15.9 Å². The average Bonchev–Trinajstić information content (AvgIpc) is 2.68. The lowest BCUT2D eigenvalue weighted by molar-refractivity contribution is -0.117. The number of hydrogen-bond acceptors (Lipinski definition) is 4. The minimum Gasteiger partial charge on any atom is -0.378 e. The number of fused-ring (bicyclic) bond motifs is 1. The maximum absolute atomic E-state index is 11.9. The Kier molecular flexibility index (Phi) is 3.82. The van der Waals surface area contributed by atoms with Crippen molar-refractivity contribution in [3.8, 4) is 0 Å². The van der Waals surface area contributed by atoms with E-state index in [1.807, 2.05) is 31.1 Å². The van der Waals surface area contributed by atoms with Crippen LogP contribution >= 0.6 is 27.3 Å². The molecule has 0 bridgehead atoms. The molecule has 1 N–H and O–H groups in total. The first-order valence-corrected chi connectivity index (χ1v) is 7.46. The van der Waals surface area contributed by atoms with Gasteiger partial charge in [0.1, 0.15) is 0 Å². The number of hydrogen-bond donors (Lipinski definition) is 1. The summed E-state index contributed by atoms with van der Waals surface area (Å²) in [7, 11) is 4.00. The number of carbonyl (C=O) groups is 1. The molecular formula is C13H16BrN3OS. The summed E-state index contributed by atoms with van der Waals surface area (Å²) >= 11 is 4.82. The molecule has 0 spiro atoms. The van der Waals surface area contributed by atoms with Gasteiger partial charge in [-0.3, -0.25) is 4.79 Å². The van der Waals surface area contributed by atoms with Crippen molar-refractivity contribution in [3.05, 3.63) is 18.2 Å². The molecule has 102 valence electrons. The zero-order valence-electron chi connectivity index (χ0n) is 11.3. The minimum atomic E-state index is -0.598. The number of rotatable bonds is 3. The molecule has 6 heteroatoms. The van der Waals surface area contributed by atoms with Crippen LogP contribution in [-0.4, -0.2) is 29.3 Å². The van der Waals surface area contributed by atoms with Gasteiger partial charge in [0.15, 0.2) is 5.13 Å². The smallest absolute Gasteiger partial charge is 0.242 e. The molecule has 19 heavy (non-hydrogen) atoms. The average molecular weight is 342 g/mol. The van der Waals surface area contributed by atoms with E-state index in [2.05, 4.69) is 32.3 Å². The highest BCUT2D eigenvalue weighted by Gasteiger charge is 2.24. The molecule has 1 amide bonds. The van der Waals surface area contributed by atoms with Crippen molar-refractivity contribution in [2.75, 3.05) is 24.3 Å². The highest BCUT2D eigenvalue weighted by Crippen LogP contribution is 2.30. The van der Waals surface area contributed by atoms with Crippen molar-refractivity contribution in [1.29, 1.82) is 0 Å². The van der Waals surface area contributed by atoms with E-state index in [1.54, 1.807) is 13.8 Å². The molecule has 0 atom stereocenters. The standard InChI is InChI=1S/C13H16BrN3OS/c1-13(2,14)11(18)16-12-15-9-6-5-8(17(3)4)7-10(9)19-12/h5-7H,1-4H3,(H,15,16,18). The molecule has 1 aromatic heterocycles. The maximum Gasteiger partial charge on any atom is 0.242 e. The number of alkyl halides is 1. The highest BCUT2D eigenvalue weighted by molar-refractivity contribution is 9.10. The van der Waals surface area contributed by atoms with Crippen LogP contribution in [0.5, 0.6) is 0 Å². The van der Waals surface area contributed by atoms with Gasteiger partial charge < -0.3 is 10.2 Å². The summed E-state index contributed by atoms with van der Waals surface area (Å²) in [6.45, 7) is 3.61. The fourth-order valence-corrected chi connectivity index (χ4v) is 2.48. The number of aromatic nitrogens is 1. The molecule has 0 saturated heterocycles. The van der Waals surface area contributed by atoms with E-state index in [4.69, 9.17) is 0 Å². The van der Waals surface area contributed by atoms with Crippen LogP contribution in [-0.2, 0) is 4.79 Å². The van der Waals surface area contributed by atoms with Crippen molar-refractivity contribution in [2.45, 2.75) is 18.2 Å². The summed E-state index contributed by atoms with van der Waals surface area (Å²) in [5.41, 5.74) is 2.02. The van der Waals surface area contributed by atoms with Gasteiger partial charge in [0, 0.05) is 19.8 Å². The molecule has 2 rings (SSSR count). The fourth-order valence-electron chi connectivity index (χ4n) is 1.49. The second-order valence-electron chi connectivity index (χ2n) is 4.99. The topological polar surface area (TPSA) is 45.2 Å². The van der Waals surface area contributed by atoms with Crippen LogP contribution in [0.4, 0.5) is 10.8 Å². The van der Waals surface area contributed by atoms with Gasteiger partial charge in [0.25, 0.3) is 0 Å². The Hall–Kier alpha value is -1.14. The first-order chi connectivity index (χ1) is 8.77. The number of benzene rings is 1. The van der Waals surface area contributed by atoms with Crippen molar-refractivity contribution in [2.24, 2.45) is 0 Å². The lowest BCUT2D eigenvalue weighted by Crippen LogP contribution is -2.30. The maximum atomic E-state index is 11.9. The summed E-state index contributed by atoms with van der Waals surface area (Å²) in [5.74, 6) is -0.0978. The van der Waals surface area contributed by atoms with Crippen molar-refractivity contribution in [1.82, 2.24) is 4.98 Å². The van der Waals surface area contributed by atoms with E-state index < -0.39 is 4.32 Å². The first-order valence-electron chi connectivity index (χ1n) is 5.85. The van der Waals surface area contributed by atoms with Gasteiger partial charge >= 0.3 is 0 Å². The molecule has 0 radical (unpaired) electrons. The van der Waals surface area contributed by atoms with Crippen LogP contribution in [0, 0.1) is 0 Å². The summed E-state index contributed by atoms with van der Waals surface area (Å²) in [6.07, 6.45) is 0. The summed E-state index contributed by atoms with van der Waals surface area (Å²) in [6, 6.07) is 6.06. The molecule has 0 unspecified atom stereocenters. The summed E-state index contributed by atoms with van der Waals surface area (Å²) in [5, 5.41) is 3.46. The number of nitrogens with zero attached hydrogens (tertiary/aromatic N) is 2. The lowest BCUT2D eigenvalue weighted by Gasteiger charge is -2.13. The van der Waals surface area contributed by atoms with E-state index in [9.17, 15) is 4.79 Å². The monoisotopic (exact) mass is 341 g/mol. The molecule has 2 aromatic rings. The number of anilines is 2. The predicted octanol–water partition coefficient (Wildman–Crippen LogP) is 3.47. The number of nitrogens with one attached hydrogen (secondary N) is 1. The summed E-state index contributed by atoms with van der Waals surface area (Å²) in [4.78, 5) is 18.3. The van der Waals surface area contributed by atoms with Crippen LogP contribution in [0.2, 0.25) is 0 Å². The molecule has 1 heterocycles. The van der Waals surface area contributed by atoms with Crippen molar-refractivity contribution in [3.63, 3.8) is 0 Å². The van der Waals surface area contributed by atoms with Gasteiger partial charge in [-0.1, -0.05) is 27.3 Å². The number of amides is 1. The highest BCUT2D eigenvalue weighted by atomic mass is 79.9. The third kappa shape index (κ3) is 3.25. The fraction of sp³-hybridized carbons (Fsp3) is 0.385. The van der Waals surface area contributed by atoms with E-state index >= 15 is 0 Å². The second-order valence-corrected chi connectivity index (χ2v) is 8.01. The van der Waals surface area contributed by atoms with Gasteiger partial charge in [0.05, 0.1) is 14.5 Å². The lowest BCUT2D eigenvalue weighted by atomic mass is 10.2. The zero-order valence-corrected chi connectivity index (χ0v) is 13.7. The van der Waals surface area contributed by atoms with Gasteiger partial charge in [-0.2, -0.15) is 0 Å². The Bertz CT molecular complexity index is 616. The largest absolute Gasteiger partial charge is 0.378 e. The Balaban J connectivity index is 2.29. The Morgan fingerprint density at radius 3 is 2.68 bits per heavy atom. The van der Waals surface area contributed by atoms with Gasteiger partial charge in [-0.15, -0.1) is 0 Å². The predicted molar refractivity (Wildman–Crippen MR) is 85.6 cm³/mol. The van der Waals surface area contributed by atoms with Crippen LogP contribution in [0.1, 0.15) is 13.8 Å². The van der Waals surface area contributed by atoms with Crippen LogP contribution in [0.3, 0.4) is 0 Å². The Morgan fingerprint density at radius 2 is 2.11 bits per heavy atom. The molecule has 0 saturated carbocycles. The number of carbonyl (C=O) groups excluding carboxylic acids is 1. The zero-order chi connectivity index (χ0) is 14.2. The van der Waals surface area contributed by atoms with Gasteiger partial charge in [-0.05, 0) is 32.0 Å². The van der Waals surface area contributed by atoms with Crippen molar-refractivity contribution < 1.29 is 4.79 Å². The molecule has 0 aliphatic carbocycles. The van der Waals surface area contributed by atoms with Crippen LogP contribution in [0.25, 0.3) is 10.2 Å². The van der Waals surface area contributed by atoms with Crippen LogP contribution in [0.15, 0.2) is 18.2 Å². The number of thiazole rings is 1. The van der Waals surface area contributed by atoms with E-state index in [0.29, 0.717) is 5.13 Å². The Labute approximate surface area is 125 Å². The molecule has 0 fully saturated rings. The SMILES string of the molecule is CN(C)c1ccc2nc(NC(=O)C(C)(C)Br)sc2c1. The Morgan fingerprint density at radius 1 is 1.42 bits per heavy atom. The molecular weight excluding hydrogens is 326 g/mol. The molecule has 1 aromatic carbocycles. The molecule has 0 aliphatic rings. The van der Waals surface area contributed by atoms with Gasteiger partial charge in [-0.25, -0.2) is 4.98 Å².